The summed E-state index contributed by atoms with van der Waals surface area (Å²) in [5.41, 5.74) is 2.14. The molecule has 2 bridgehead atoms. The van der Waals surface area contributed by atoms with Gasteiger partial charge in [0.15, 0.2) is 0 Å². The molecule has 33 heavy (non-hydrogen) atoms. The van der Waals surface area contributed by atoms with E-state index >= 15 is 0 Å². The Bertz CT molecular complexity index is 972. The number of aryl methyl sites for hydroxylation is 1. The number of amides is 4. The van der Waals surface area contributed by atoms with Crippen molar-refractivity contribution < 1.29 is 14.4 Å². The van der Waals surface area contributed by atoms with E-state index in [-0.39, 0.29) is 17.7 Å². The lowest BCUT2D eigenvalue weighted by molar-refractivity contribution is -0.124. The van der Waals surface area contributed by atoms with Gasteiger partial charge in [-0.2, -0.15) is 12.6 Å². The zero-order chi connectivity index (χ0) is 23.8. The quantitative estimate of drug-likeness (QED) is 0.501. The van der Waals surface area contributed by atoms with E-state index in [0.717, 1.165) is 48.7 Å². The lowest BCUT2D eigenvalue weighted by Crippen LogP contribution is -2.53. The number of carbonyl (C=O) groups is 3. The van der Waals surface area contributed by atoms with E-state index in [1.54, 1.807) is 0 Å². The van der Waals surface area contributed by atoms with Crippen LogP contribution in [-0.4, -0.2) is 40.8 Å². The first-order valence-electron chi connectivity index (χ1n) is 12.0. The second-order valence-electron chi connectivity index (χ2n) is 9.30. The number of benzene rings is 1. The van der Waals surface area contributed by atoms with Gasteiger partial charge in [-0.15, -0.1) is 0 Å². The SMILES string of the molecule is CC(C)CC(CS)C(=O)NC(=O)N[C@H]1Cc2cn(c3ccccc23)CCCCCCNC1=O. The first kappa shape index (κ1) is 25.1. The normalized spacial score (nSPS) is 18.5. The fraction of sp³-hybridized carbons (Fsp3) is 0.560. The summed E-state index contributed by atoms with van der Waals surface area (Å²) in [5, 5.41) is 9.19. The summed E-state index contributed by atoms with van der Waals surface area (Å²) in [4.78, 5) is 38.2. The molecule has 2 aromatic rings. The van der Waals surface area contributed by atoms with Crippen LogP contribution in [0.3, 0.4) is 0 Å². The Labute approximate surface area is 201 Å². The van der Waals surface area contributed by atoms with Gasteiger partial charge in [0.05, 0.1) is 0 Å². The number of hydrogen-bond acceptors (Lipinski definition) is 4. The third-order valence-corrected chi connectivity index (χ3v) is 6.57. The number of hydrogen-bond donors (Lipinski definition) is 4. The second kappa shape index (κ2) is 12.1. The number of fused-ring (bicyclic) bond motifs is 5. The van der Waals surface area contributed by atoms with Crippen molar-refractivity contribution >= 4 is 41.4 Å². The average Bonchev–Trinajstić information content (AvgIpc) is 3.13. The molecule has 1 aliphatic rings. The molecule has 3 rings (SSSR count). The number of nitrogens with zero attached hydrogens (tertiary/aromatic N) is 1. The van der Waals surface area contributed by atoms with E-state index in [9.17, 15) is 14.4 Å². The molecule has 4 amide bonds. The summed E-state index contributed by atoms with van der Waals surface area (Å²) in [6.07, 6.45) is 7.22. The number of urea groups is 1. The Hall–Kier alpha value is -2.48. The van der Waals surface area contributed by atoms with Crippen molar-refractivity contribution in [2.75, 3.05) is 12.3 Å². The molecule has 1 aliphatic heterocycles. The Morgan fingerprint density at radius 3 is 2.70 bits per heavy atom. The summed E-state index contributed by atoms with van der Waals surface area (Å²) in [7, 11) is 0. The van der Waals surface area contributed by atoms with Gasteiger partial charge in [0, 0.05) is 48.3 Å². The van der Waals surface area contributed by atoms with Crippen LogP contribution >= 0.6 is 12.6 Å². The molecule has 0 spiro atoms. The van der Waals surface area contributed by atoms with Crippen LogP contribution in [0.5, 0.6) is 0 Å². The van der Waals surface area contributed by atoms with E-state index in [2.05, 4.69) is 51.5 Å². The minimum absolute atomic E-state index is 0.235. The number of aromatic nitrogens is 1. The highest BCUT2D eigenvalue weighted by molar-refractivity contribution is 7.80. The minimum Gasteiger partial charge on any atom is -0.354 e. The van der Waals surface area contributed by atoms with Crippen LogP contribution in [0.25, 0.3) is 10.9 Å². The number of thiol groups is 1. The Morgan fingerprint density at radius 1 is 1.18 bits per heavy atom. The Morgan fingerprint density at radius 2 is 1.94 bits per heavy atom. The van der Waals surface area contributed by atoms with Crippen LogP contribution in [-0.2, 0) is 22.6 Å². The summed E-state index contributed by atoms with van der Waals surface area (Å²) >= 11 is 4.26. The van der Waals surface area contributed by atoms with E-state index in [1.165, 1.54) is 0 Å². The van der Waals surface area contributed by atoms with E-state index in [1.807, 2.05) is 26.0 Å². The third kappa shape index (κ3) is 7.00. The highest BCUT2D eigenvalue weighted by Crippen LogP contribution is 2.24. The van der Waals surface area contributed by atoms with Crippen molar-refractivity contribution in [1.82, 2.24) is 20.5 Å². The van der Waals surface area contributed by atoms with Gasteiger partial charge in [0.1, 0.15) is 6.04 Å². The molecule has 1 aromatic carbocycles. The summed E-state index contributed by atoms with van der Waals surface area (Å²) < 4.78 is 2.24. The molecule has 3 N–H and O–H groups in total. The summed E-state index contributed by atoms with van der Waals surface area (Å²) in [6, 6.07) is 6.71. The summed E-state index contributed by atoms with van der Waals surface area (Å²) in [5.74, 6) is -0.277. The van der Waals surface area contributed by atoms with Crippen molar-refractivity contribution in [1.29, 1.82) is 0 Å². The molecular formula is C25H36N4O3S. The van der Waals surface area contributed by atoms with Gasteiger partial charge in [0.2, 0.25) is 11.8 Å². The summed E-state index contributed by atoms with van der Waals surface area (Å²) in [6.45, 7) is 5.55. The molecule has 0 saturated carbocycles. The second-order valence-corrected chi connectivity index (χ2v) is 9.66. The smallest absolute Gasteiger partial charge is 0.322 e. The van der Waals surface area contributed by atoms with Gasteiger partial charge in [-0.1, -0.05) is 44.9 Å². The fourth-order valence-electron chi connectivity index (χ4n) is 4.44. The lowest BCUT2D eigenvalue weighted by atomic mass is 9.98. The minimum atomic E-state index is -0.780. The fourth-order valence-corrected chi connectivity index (χ4v) is 4.75. The Kier molecular flexibility index (Phi) is 9.23. The molecule has 0 saturated heterocycles. The zero-order valence-corrected chi connectivity index (χ0v) is 20.5. The lowest BCUT2D eigenvalue weighted by Gasteiger charge is -2.20. The number of carbonyl (C=O) groups excluding carboxylic acids is 3. The van der Waals surface area contributed by atoms with Gasteiger partial charge < -0.3 is 15.2 Å². The van der Waals surface area contributed by atoms with Crippen molar-refractivity contribution in [3.63, 3.8) is 0 Å². The van der Waals surface area contributed by atoms with Gasteiger partial charge in [-0.25, -0.2) is 4.79 Å². The maximum Gasteiger partial charge on any atom is 0.322 e. The van der Waals surface area contributed by atoms with Gasteiger partial charge in [-0.3, -0.25) is 14.9 Å². The van der Waals surface area contributed by atoms with Crippen LogP contribution in [0.4, 0.5) is 4.79 Å². The first-order valence-corrected chi connectivity index (χ1v) is 12.6. The van der Waals surface area contributed by atoms with Crippen LogP contribution < -0.4 is 16.0 Å². The van der Waals surface area contributed by atoms with Crippen LogP contribution in [0.15, 0.2) is 30.5 Å². The monoisotopic (exact) mass is 472 g/mol. The number of para-hydroxylation sites is 1. The Balaban J connectivity index is 1.78. The molecule has 8 heteroatoms. The maximum atomic E-state index is 13.0. The topological polar surface area (TPSA) is 92.2 Å². The molecule has 180 valence electrons. The third-order valence-electron chi connectivity index (χ3n) is 6.13. The molecule has 0 aliphatic carbocycles. The number of nitrogens with one attached hydrogen (secondary N) is 3. The molecule has 2 heterocycles. The highest BCUT2D eigenvalue weighted by atomic mass is 32.1. The van der Waals surface area contributed by atoms with Crippen molar-refractivity contribution in [2.24, 2.45) is 11.8 Å². The predicted octanol–water partition coefficient (Wildman–Crippen LogP) is 3.66. The van der Waals surface area contributed by atoms with E-state index < -0.39 is 12.1 Å². The molecule has 2 atom stereocenters. The first-order chi connectivity index (χ1) is 15.9. The molecule has 1 unspecified atom stereocenters. The highest BCUT2D eigenvalue weighted by Gasteiger charge is 2.26. The van der Waals surface area contributed by atoms with Crippen LogP contribution in [0, 0.1) is 11.8 Å². The van der Waals surface area contributed by atoms with Crippen molar-refractivity contribution in [2.45, 2.75) is 65.0 Å². The van der Waals surface area contributed by atoms with Gasteiger partial charge in [0.25, 0.3) is 0 Å². The number of rotatable bonds is 5. The van der Waals surface area contributed by atoms with Gasteiger partial charge >= 0.3 is 6.03 Å². The molecule has 7 nitrogen and oxygen atoms in total. The predicted molar refractivity (Wildman–Crippen MR) is 134 cm³/mol. The van der Waals surface area contributed by atoms with Crippen LogP contribution in [0.1, 0.15) is 51.5 Å². The van der Waals surface area contributed by atoms with Gasteiger partial charge in [-0.05, 0) is 36.8 Å². The molecule has 0 fully saturated rings. The van der Waals surface area contributed by atoms with E-state index in [4.69, 9.17) is 0 Å². The molecule has 1 aromatic heterocycles. The standard InChI is InChI=1S/C25H36N4O3S/c1-17(2)13-19(16-33)23(30)28-25(32)27-21-14-18-15-29(22-10-6-5-9-20(18)22)12-8-4-3-7-11-26-24(21)31/h5-6,9-10,15,17,19,21,33H,3-4,7-8,11-14,16H2,1-2H3,(H,26,31)(H2,27,28,30,32)/t19?,21-/m0/s1. The van der Waals surface area contributed by atoms with Crippen molar-refractivity contribution in [3.8, 4) is 0 Å². The molecular weight excluding hydrogens is 436 g/mol. The zero-order valence-electron chi connectivity index (χ0n) is 19.6. The average molecular weight is 473 g/mol. The van der Waals surface area contributed by atoms with E-state index in [0.29, 0.717) is 31.1 Å². The van der Waals surface area contributed by atoms with Crippen LogP contribution in [0.2, 0.25) is 0 Å². The maximum absolute atomic E-state index is 13.0. The van der Waals surface area contributed by atoms with Crippen molar-refractivity contribution in [3.05, 3.63) is 36.0 Å². The largest absolute Gasteiger partial charge is 0.354 e. The number of imide groups is 1. The molecule has 0 radical (unpaired) electrons.